The molecule has 0 amide bonds. The zero-order valence-electron chi connectivity index (χ0n) is 10.0. The van der Waals surface area contributed by atoms with Crippen molar-refractivity contribution < 1.29 is 9.66 Å². The molecule has 6 nitrogen and oxygen atoms in total. The number of nitrogens with zero attached hydrogens (tertiary/aromatic N) is 3. The van der Waals surface area contributed by atoms with Gasteiger partial charge in [-0.25, -0.2) is 9.97 Å². The summed E-state index contributed by atoms with van der Waals surface area (Å²) >= 11 is 5.66. The molecule has 0 saturated carbocycles. The molecule has 98 valence electrons. The lowest BCUT2D eigenvalue weighted by Crippen LogP contribution is -2.00. The van der Waals surface area contributed by atoms with Gasteiger partial charge < -0.3 is 4.74 Å². The normalized spacial score (nSPS) is 10.2. The Morgan fingerprint density at radius 2 is 2.21 bits per heavy atom. The second kappa shape index (κ2) is 5.62. The van der Waals surface area contributed by atoms with Crippen LogP contribution in [0.5, 0.6) is 5.75 Å². The van der Waals surface area contributed by atoms with Gasteiger partial charge in [-0.15, -0.1) is 0 Å². The Morgan fingerprint density at radius 1 is 1.42 bits per heavy atom. The number of ether oxygens (including phenoxy) is 1. The minimum absolute atomic E-state index is 0.0370. The SMILES string of the molecule is Cc1cc([N+](=O)[O-])ccc1OCc1ccnc(Cl)n1. The van der Waals surface area contributed by atoms with Crippen LogP contribution in [0.2, 0.25) is 5.28 Å². The molecule has 0 atom stereocenters. The largest absolute Gasteiger partial charge is 0.487 e. The van der Waals surface area contributed by atoms with Crippen molar-refractivity contribution in [2.45, 2.75) is 13.5 Å². The van der Waals surface area contributed by atoms with Crippen LogP contribution in [0, 0.1) is 17.0 Å². The third-order valence-electron chi connectivity index (χ3n) is 2.43. The highest BCUT2D eigenvalue weighted by molar-refractivity contribution is 6.28. The average molecular weight is 280 g/mol. The Bertz CT molecular complexity index is 619. The molecule has 1 heterocycles. The van der Waals surface area contributed by atoms with Gasteiger partial charge in [-0.2, -0.15) is 0 Å². The maximum Gasteiger partial charge on any atom is 0.269 e. The van der Waals surface area contributed by atoms with Crippen LogP contribution in [0.15, 0.2) is 30.5 Å². The lowest BCUT2D eigenvalue weighted by Gasteiger charge is -2.08. The first kappa shape index (κ1) is 13.2. The van der Waals surface area contributed by atoms with Crippen LogP contribution in [-0.4, -0.2) is 14.9 Å². The maximum atomic E-state index is 10.6. The zero-order chi connectivity index (χ0) is 13.8. The highest BCUT2D eigenvalue weighted by Crippen LogP contribution is 2.23. The van der Waals surface area contributed by atoms with Crippen molar-refractivity contribution in [3.8, 4) is 5.75 Å². The van der Waals surface area contributed by atoms with Crippen molar-refractivity contribution in [1.82, 2.24) is 9.97 Å². The summed E-state index contributed by atoms with van der Waals surface area (Å²) < 4.78 is 5.54. The summed E-state index contributed by atoms with van der Waals surface area (Å²) in [6.45, 7) is 1.97. The van der Waals surface area contributed by atoms with Gasteiger partial charge in [-0.1, -0.05) is 0 Å². The number of nitro groups is 1. The number of benzene rings is 1. The van der Waals surface area contributed by atoms with Gasteiger partial charge in [-0.05, 0) is 36.2 Å². The predicted octanol–water partition coefficient (Wildman–Crippen LogP) is 2.93. The number of nitro benzene ring substituents is 1. The third kappa shape index (κ3) is 3.38. The summed E-state index contributed by atoms with van der Waals surface area (Å²) in [6, 6.07) is 6.11. The van der Waals surface area contributed by atoms with Crippen LogP contribution >= 0.6 is 11.6 Å². The molecule has 2 aromatic rings. The Kier molecular flexibility index (Phi) is 3.91. The van der Waals surface area contributed by atoms with Crippen LogP contribution < -0.4 is 4.74 Å². The zero-order valence-corrected chi connectivity index (χ0v) is 10.8. The van der Waals surface area contributed by atoms with Gasteiger partial charge in [0.25, 0.3) is 5.69 Å². The molecule has 7 heteroatoms. The monoisotopic (exact) mass is 279 g/mol. The fourth-order valence-corrected chi connectivity index (χ4v) is 1.68. The van der Waals surface area contributed by atoms with Crippen molar-refractivity contribution in [1.29, 1.82) is 0 Å². The molecule has 0 aliphatic heterocycles. The Hall–Kier alpha value is -2.21. The fraction of sp³-hybridized carbons (Fsp3) is 0.167. The van der Waals surface area contributed by atoms with Gasteiger partial charge in [-0.3, -0.25) is 10.1 Å². The van der Waals surface area contributed by atoms with E-state index in [9.17, 15) is 10.1 Å². The van der Waals surface area contributed by atoms with Crippen molar-refractivity contribution in [2.24, 2.45) is 0 Å². The summed E-state index contributed by atoms with van der Waals surface area (Å²) in [4.78, 5) is 17.9. The van der Waals surface area contributed by atoms with Crippen LogP contribution in [0.4, 0.5) is 5.69 Å². The molecular weight excluding hydrogens is 270 g/mol. The molecule has 2 rings (SSSR count). The van der Waals surface area contributed by atoms with Crippen molar-refractivity contribution in [3.05, 3.63) is 57.1 Å². The number of non-ortho nitro benzene ring substituents is 1. The van der Waals surface area contributed by atoms with Gasteiger partial charge >= 0.3 is 0 Å². The molecule has 0 saturated heterocycles. The van der Waals surface area contributed by atoms with Crippen molar-refractivity contribution >= 4 is 17.3 Å². The first-order valence-corrected chi connectivity index (χ1v) is 5.79. The number of rotatable bonds is 4. The fourth-order valence-electron chi connectivity index (χ4n) is 1.51. The van der Waals surface area contributed by atoms with E-state index in [4.69, 9.17) is 16.3 Å². The summed E-state index contributed by atoms with van der Waals surface area (Å²) in [6.07, 6.45) is 1.54. The Morgan fingerprint density at radius 3 is 2.84 bits per heavy atom. The summed E-state index contributed by atoms with van der Waals surface area (Å²) in [5.74, 6) is 0.570. The van der Waals surface area contributed by atoms with E-state index in [-0.39, 0.29) is 17.6 Å². The van der Waals surface area contributed by atoms with E-state index in [2.05, 4.69) is 9.97 Å². The molecule has 0 N–H and O–H groups in total. The van der Waals surface area contributed by atoms with Gasteiger partial charge in [0.15, 0.2) is 0 Å². The van der Waals surface area contributed by atoms with Gasteiger partial charge in [0.2, 0.25) is 5.28 Å². The van der Waals surface area contributed by atoms with Crippen molar-refractivity contribution in [3.63, 3.8) is 0 Å². The summed E-state index contributed by atoms with van der Waals surface area (Å²) in [5, 5.41) is 10.8. The molecule has 0 fully saturated rings. The molecule has 0 aliphatic carbocycles. The molecule has 19 heavy (non-hydrogen) atoms. The number of aromatic nitrogens is 2. The first-order valence-electron chi connectivity index (χ1n) is 5.41. The molecule has 1 aromatic heterocycles. The number of halogens is 1. The number of hydrogen-bond donors (Lipinski definition) is 0. The Balaban J connectivity index is 2.10. The Labute approximate surface area is 114 Å². The van der Waals surface area contributed by atoms with E-state index in [1.165, 1.54) is 18.3 Å². The van der Waals surface area contributed by atoms with Gasteiger partial charge in [0.1, 0.15) is 12.4 Å². The average Bonchev–Trinajstić information content (AvgIpc) is 2.37. The topological polar surface area (TPSA) is 78.2 Å². The quantitative estimate of drug-likeness (QED) is 0.488. The minimum Gasteiger partial charge on any atom is -0.487 e. The van der Waals surface area contributed by atoms with E-state index in [0.29, 0.717) is 17.0 Å². The maximum absolute atomic E-state index is 10.6. The molecule has 0 bridgehead atoms. The highest BCUT2D eigenvalue weighted by Gasteiger charge is 2.09. The van der Waals surface area contributed by atoms with Crippen LogP contribution in [0.25, 0.3) is 0 Å². The second-order valence-electron chi connectivity index (χ2n) is 3.81. The van der Waals surface area contributed by atoms with E-state index < -0.39 is 4.92 Å². The molecular formula is C12H10ClN3O3. The number of hydrogen-bond acceptors (Lipinski definition) is 5. The van der Waals surface area contributed by atoms with Gasteiger partial charge in [0, 0.05) is 18.3 Å². The molecule has 0 spiro atoms. The molecule has 0 radical (unpaired) electrons. The highest BCUT2D eigenvalue weighted by atomic mass is 35.5. The minimum atomic E-state index is -0.443. The van der Waals surface area contributed by atoms with Gasteiger partial charge in [0.05, 0.1) is 10.6 Å². The van der Waals surface area contributed by atoms with E-state index in [0.717, 1.165) is 0 Å². The van der Waals surface area contributed by atoms with Crippen LogP contribution in [-0.2, 0) is 6.61 Å². The molecule has 1 aromatic carbocycles. The standard InChI is InChI=1S/C12H10ClN3O3/c1-8-6-10(16(17)18)2-3-11(8)19-7-9-4-5-14-12(13)15-9/h2-6H,7H2,1H3. The lowest BCUT2D eigenvalue weighted by atomic mass is 10.2. The lowest BCUT2D eigenvalue weighted by molar-refractivity contribution is -0.384. The summed E-state index contributed by atoms with van der Waals surface area (Å²) in [5.41, 5.74) is 1.36. The van der Waals surface area contributed by atoms with E-state index >= 15 is 0 Å². The number of aryl methyl sites for hydroxylation is 1. The van der Waals surface area contributed by atoms with E-state index in [1.807, 2.05) is 0 Å². The smallest absolute Gasteiger partial charge is 0.269 e. The predicted molar refractivity (Wildman–Crippen MR) is 69.2 cm³/mol. The third-order valence-corrected chi connectivity index (χ3v) is 2.61. The molecule has 0 unspecified atom stereocenters. The summed E-state index contributed by atoms with van der Waals surface area (Å²) in [7, 11) is 0. The second-order valence-corrected chi connectivity index (χ2v) is 4.15. The first-order chi connectivity index (χ1) is 9.06. The molecule has 0 aliphatic rings. The van der Waals surface area contributed by atoms with Crippen LogP contribution in [0.1, 0.15) is 11.3 Å². The van der Waals surface area contributed by atoms with E-state index in [1.54, 1.807) is 19.1 Å². The van der Waals surface area contributed by atoms with Crippen molar-refractivity contribution in [2.75, 3.05) is 0 Å². The van der Waals surface area contributed by atoms with Crippen LogP contribution in [0.3, 0.4) is 0 Å².